The fourth-order valence-electron chi connectivity index (χ4n) is 3.73. The van der Waals surface area contributed by atoms with Gasteiger partial charge in [0.2, 0.25) is 10.0 Å². The largest absolute Gasteiger partial charge is 0.495 e. The maximum absolute atomic E-state index is 13.3. The quantitative estimate of drug-likeness (QED) is 0.743. The summed E-state index contributed by atoms with van der Waals surface area (Å²) in [6, 6.07) is 12.4. The third-order valence-corrected chi connectivity index (χ3v) is 7.23. The Morgan fingerprint density at radius 3 is 2.50 bits per heavy atom. The number of amides is 1. The molecule has 1 aliphatic rings. The number of ether oxygens (including phenoxy) is 1. The summed E-state index contributed by atoms with van der Waals surface area (Å²) in [5.74, 6) is 0.0226. The molecule has 0 spiro atoms. The number of rotatable bonds is 6. The van der Waals surface area contributed by atoms with Crippen molar-refractivity contribution in [3.8, 4) is 5.75 Å². The second-order valence-corrected chi connectivity index (χ2v) is 8.72. The SMILES string of the molecule is CCN(CC)S(=O)(=O)c1cc(C(=O)N2c3ccccc3C[C@H]2C)ccc1OC. The predicted molar refractivity (Wildman–Crippen MR) is 110 cm³/mol. The van der Waals surface area contributed by atoms with E-state index in [-0.39, 0.29) is 22.6 Å². The average molecular weight is 403 g/mol. The fraction of sp³-hybridized carbons (Fsp3) is 0.381. The Kier molecular flexibility index (Phi) is 5.76. The summed E-state index contributed by atoms with van der Waals surface area (Å²) < 4.78 is 32.7. The number of benzene rings is 2. The van der Waals surface area contributed by atoms with Gasteiger partial charge in [0.15, 0.2) is 0 Å². The van der Waals surface area contributed by atoms with Crippen LogP contribution in [0.15, 0.2) is 47.4 Å². The smallest absolute Gasteiger partial charge is 0.258 e. The molecule has 0 aliphatic carbocycles. The zero-order valence-electron chi connectivity index (χ0n) is 16.7. The second-order valence-electron chi connectivity index (χ2n) is 6.81. The highest BCUT2D eigenvalue weighted by Gasteiger charge is 2.33. The molecule has 0 radical (unpaired) electrons. The molecule has 2 aromatic rings. The number of carbonyl (C=O) groups excluding carboxylic acids is 1. The van der Waals surface area contributed by atoms with Crippen molar-refractivity contribution in [1.82, 2.24) is 4.31 Å². The Bertz CT molecular complexity index is 984. The lowest BCUT2D eigenvalue weighted by Crippen LogP contribution is -2.36. The van der Waals surface area contributed by atoms with Crippen LogP contribution in [0.4, 0.5) is 5.69 Å². The van der Waals surface area contributed by atoms with Crippen molar-refractivity contribution in [2.75, 3.05) is 25.1 Å². The first kappa shape index (κ1) is 20.4. The van der Waals surface area contributed by atoms with Crippen LogP contribution < -0.4 is 9.64 Å². The molecule has 150 valence electrons. The predicted octanol–water partition coefficient (Wildman–Crippen LogP) is 3.32. The molecule has 0 fully saturated rings. The van der Waals surface area contributed by atoms with Crippen molar-refractivity contribution < 1.29 is 17.9 Å². The van der Waals surface area contributed by atoms with Crippen LogP contribution in [0.5, 0.6) is 5.75 Å². The number of para-hydroxylation sites is 1. The lowest BCUT2D eigenvalue weighted by Gasteiger charge is -2.24. The van der Waals surface area contributed by atoms with Gasteiger partial charge in [0.25, 0.3) is 5.91 Å². The summed E-state index contributed by atoms with van der Waals surface area (Å²) in [4.78, 5) is 15.0. The van der Waals surface area contributed by atoms with Gasteiger partial charge in [0.1, 0.15) is 10.6 Å². The fourth-order valence-corrected chi connectivity index (χ4v) is 5.37. The van der Waals surface area contributed by atoms with E-state index in [0.717, 1.165) is 17.7 Å². The van der Waals surface area contributed by atoms with E-state index in [1.54, 1.807) is 30.9 Å². The second kappa shape index (κ2) is 7.93. The Morgan fingerprint density at radius 2 is 1.86 bits per heavy atom. The molecule has 0 aromatic heterocycles. The van der Waals surface area contributed by atoms with Gasteiger partial charge >= 0.3 is 0 Å². The summed E-state index contributed by atoms with van der Waals surface area (Å²) in [5.41, 5.74) is 2.33. The minimum absolute atomic E-state index is 0.00911. The molecule has 3 rings (SSSR count). The molecule has 0 bridgehead atoms. The number of carbonyl (C=O) groups is 1. The van der Waals surface area contributed by atoms with Crippen LogP contribution in [-0.2, 0) is 16.4 Å². The molecule has 1 aliphatic heterocycles. The Hall–Kier alpha value is -2.38. The van der Waals surface area contributed by atoms with Gasteiger partial charge < -0.3 is 9.64 Å². The first-order chi connectivity index (χ1) is 13.3. The highest BCUT2D eigenvalue weighted by Crippen LogP contribution is 2.34. The molecule has 1 heterocycles. The van der Waals surface area contributed by atoms with Crippen LogP contribution in [0, 0.1) is 0 Å². The third kappa shape index (κ3) is 3.40. The van der Waals surface area contributed by atoms with Gasteiger partial charge in [-0.1, -0.05) is 32.0 Å². The van der Waals surface area contributed by atoms with Crippen molar-refractivity contribution in [3.05, 3.63) is 53.6 Å². The number of anilines is 1. The molecule has 2 aromatic carbocycles. The van der Waals surface area contributed by atoms with E-state index in [0.29, 0.717) is 18.7 Å². The lowest BCUT2D eigenvalue weighted by molar-refractivity contribution is 0.0981. The number of sulfonamides is 1. The molecule has 0 N–H and O–H groups in total. The first-order valence-electron chi connectivity index (χ1n) is 9.44. The molecule has 6 nitrogen and oxygen atoms in total. The van der Waals surface area contributed by atoms with Crippen LogP contribution in [-0.4, -0.2) is 44.9 Å². The number of hydrogen-bond acceptors (Lipinski definition) is 4. The van der Waals surface area contributed by atoms with E-state index in [1.807, 2.05) is 31.2 Å². The maximum Gasteiger partial charge on any atom is 0.258 e. The maximum atomic E-state index is 13.3. The van der Waals surface area contributed by atoms with Crippen LogP contribution in [0.2, 0.25) is 0 Å². The van der Waals surface area contributed by atoms with Crippen LogP contribution >= 0.6 is 0 Å². The molecular weight excluding hydrogens is 376 g/mol. The summed E-state index contributed by atoms with van der Waals surface area (Å²) in [6.07, 6.45) is 0.780. The Balaban J connectivity index is 2.06. The highest BCUT2D eigenvalue weighted by atomic mass is 32.2. The standard InChI is InChI=1S/C21H26N2O4S/c1-5-22(6-2)28(25,26)20-14-17(11-12-19(20)27-4)21(24)23-15(3)13-16-9-7-8-10-18(16)23/h7-12,14-15H,5-6,13H2,1-4H3/t15-/m1/s1. The zero-order chi connectivity index (χ0) is 20.5. The van der Waals surface area contributed by atoms with Crippen molar-refractivity contribution in [2.45, 2.75) is 38.1 Å². The summed E-state index contributed by atoms with van der Waals surface area (Å²) in [7, 11) is -2.33. The van der Waals surface area contributed by atoms with E-state index in [2.05, 4.69) is 0 Å². The van der Waals surface area contributed by atoms with Gasteiger partial charge in [0, 0.05) is 30.4 Å². The van der Waals surface area contributed by atoms with Crippen molar-refractivity contribution in [3.63, 3.8) is 0 Å². The normalized spacial score (nSPS) is 16.3. The van der Waals surface area contributed by atoms with E-state index in [1.165, 1.54) is 17.5 Å². The monoisotopic (exact) mass is 402 g/mol. The summed E-state index contributed by atoms with van der Waals surface area (Å²) >= 11 is 0. The van der Waals surface area contributed by atoms with Crippen molar-refractivity contribution in [1.29, 1.82) is 0 Å². The molecule has 28 heavy (non-hydrogen) atoms. The minimum atomic E-state index is -3.76. The number of nitrogens with zero attached hydrogens (tertiary/aromatic N) is 2. The van der Waals surface area contributed by atoms with E-state index >= 15 is 0 Å². The van der Waals surface area contributed by atoms with Crippen LogP contribution in [0.1, 0.15) is 36.7 Å². The minimum Gasteiger partial charge on any atom is -0.495 e. The Labute approximate surface area is 166 Å². The van der Waals surface area contributed by atoms with Crippen molar-refractivity contribution in [2.24, 2.45) is 0 Å². The molecular formula is C21H26N2O4S. The van der Waals surface area contributed by atoms with Gasteiger partial charge in [-0.2, -0.15) is 4.31 Å². The third-order valence-electron chi connectivity index (χ3n) is 5.16. The van der Waals surface area contributed by atoms with Gasteiger partial charge in [-0.05, 0) is 43.2 Å². The number of hydrogen-bond donors (Lipinski definition) is 0. The van der Waals surface area contributed by atoms with E-state index in [4.69, 9.17) is 4.74 Å². The average Bonchev–Trinajstić information content (AvgIpc) is 3.03. The summed E-state index contributed by atoms with van der Waals surface area (Å²) in [6.45, 7) is 6.25. The van der Waals surface area contributed by atoms with Crippen LogP contribution in [0.25, 0.3) is 0 Å². The topological polar surface area (TPSA) is 66.9 Å². The van der Waals surface area contributed by atoms with Gasteiger partial charge in [-0.15, -0.1) is 0 Å². The lowest BCUT2D eigenvalue weighted by atomic mass is 10.1. The summed E-state index contributed by atoms with van der Waals surface area (Å²) in [5, 5.41) is 0. The van der Waals surface area contributed by atoms with Gasteiger partial charge in [-0.25, -0.2) is 8.42 Å². The van der Waals surface area contributed by atoms with Crippen molar-refractivity contribution >= 4 is 21.6 Å². The molecule has 0 unspecified atom stereocenters. The molecule has 1 atom stereocenters. The number of fused-ring (bicyclic) bond motifs is 1. The first-order valence-corrected chi connectivity index (χ1v) is 10.9. The number of methoxy groups -OCH3 is 1. The van der Waals surface area contributed by atoms with E-state index < -0.39 is 10.0 Å². The zero-order valence-corrected chi connectivity index (χ0v) is 17.5. The van der Waals surface area contributed by atoms with Gasteiger partial charge in [0.05, 0.1) is 7.11 Å². The Morgan fingerprint density at radius 1 is 1.18 bits per heavy atom. The highest BCUT2D eigenvalue weighted by molar-refractivity contribution is 7.89. The molecule has 0 saturated carbocycles. The van der Waals surface area contributed by atoms with Crippen LogP contribution in [0.3, 0.4) is 0 Å². The van der Waals surface area contributed by atoms with Gasteiger partial charge in [-0.3, -0.25) is 4.79 Å². The molecule has 0 saturated heterocycles. The van der Waals surface area contributed by atoms with E-state index in [9.17, 15) is 13.2 Å². The molecule has 7 heteroatoms. The molecule has 1 amide bonds.